The van der Waals surface area contributed by atoms with E-state index in [1.54, 1.807) is 6.20 Å². The number of hydrogen-bond acceptors (Lipinski definition) is 3. The molecular weight excluding hydrogens is 276 g/mol. The quantitative estimate of drug-likeness (QED) is 0.749. The van der Waals surface area contributed by atoms with E-state index < -0.39 is 6.10 Å². The van der Waals surface area contributed by atoms with Gasteiger partial charge >= 0.3 is 0 Å². The minimum absolute atomic E-state index is 0.117. The molecule has 22 heavy (non-hydrogen) atoms. The molecule has 1 aromatic carbocycles. The zero-order valence-corrected chi connectivity index (χ0v) is 12.0. The lowest BCUT2D eigenvalue weighted by Gasteiger charge is -2.34. The summed E-state index contributed by atoms with van der Waals surface area (Å²) in [5, 5.41) is 10.8. The molecule has 5 nitrogen and oxygen atoms in total. The van der Waals surface area contributed by atoms with Gasteiger partial charge in [0.05, 0.1) is 24.3 Å². The Balaban J connectivity index is 1.65. The number of aromatic nitrogens is 4. The summed E-state index contributed by atoms with van der Waals surface area (Å²) in [6.07, 6.45) is 7.89. The van der Waals surface area contributed by atoms with E-state index in [0.717, 1.165) is 24.5 Å². The van der Waals surface area contributed by atoms with Crippen LogP contribution in [0.25, 0.3) is 11.3 Å². The third kappa shape index (κ3) is 1.46. The maximum absolute atomic E-state index is 10.8. The largest absolute Gasteiger partial charge is 0.385 e. The van der Waals surface area contributed by atoms with Crippen LogP contribution in [0.2, 0.25) is 0 Å². The van der Waals surface area contributed by atoms with Gasteiger partial charge in [0.15, 0.2) is 0 Å². The highest BCUT2D eigenvalue weighted by Crippen LogP contribution is 2.48. The Labute approximate surface area is 127 Å². The number of hydrogen-bond donors (Lipinski definition) is 1. The molecule has 0 amide bonds. The molecule has 3 aromatic rings. The minimum atomic E-state index is -0.546. The molecule has 3 atom stereocenters. The lowest BCUT2D eigenvalue weighted by atomic mass is 9.84. The fourth-order valence-corrected chi connectivity index (χ4v) is 4.05. The summed E-state index contributed by atoms with van der Waals surface area (Å²) in [6.45, 7) is 0.903. The van der Waals surface area contributed by atoms with Crippen LogP contribution in [0.4, 0.5) is 0 Å². The van der Waals surface area contributed by atoms with Gasteiger partial charge in [-0.3, -0.25) is 0 Å². The summed E-state index contributed by atoms with van der Waals surface area (Å²) in [5.41, 5.74) is 3.65. The molecule has 5 rings (SSSR count). The summed E-state index contributed by atoms with van der Waals surface area (Å²) in [4.78, 5) is 8.65. The van der Waals surface area contributed by atoms with Crippen LogP contribution < -0.4 is 0 Å². The van der Waals surface area contributed by atoms with Crippen molar-refractivity contribution in [1.29, 1.82) is 0 Å². The Morgan fingerprint density at radius 2 is 2.14 bits per heavy atom. The molecule has 0 spiro atoms. The number of nitrogens with zero attached hydrogens (tertiary/aromatic N) is 4. The van der Waals surface area contributed by atoms with Crippen LogP contribution in [0.3, 0.4) is 0 Å². The first-order valence-corrected chi connectivity index (χ1v) is 7.65. The van der Waals surface area contributed by atoms with E-state index in [1.807, 2.05) is 18.7 Å². The molecule has 4 heterocycles. The lowest BCUT2D eigenvalue weighted by molar-refractivity contribution is 0.0514. The summed E-state index contributed by atoms with van der Waals surface area (Å²) in [6, 6.07) is 8.57. The summed E-state index contributed by atoms with van der Waals surface area (Å²) in [7, 11) is 0. The predicted octanol–water partition coefficient (Wildman–Crippen LogP) is 2.40. The van der Waals surface area contributed by atoms with Crippen molar-refractivity contribution in [2.75, 3.05) is 0 Å². The topological polar surface area (TPSA) is 55.9 Å². The molecule has 5 heteroatoms. The molecule has 0 unspecified atom stereocenters. The van der Waals surface area contributed by atoms with E-state index in [4.69, 9.17) is 0 Å². The van der Waals surface area contributed by atoms with Crippen LogP contribution >= 0.6 is 0 Å². The Kier molecular flexibility index (Phi) is 2.38. The second kappa shape index (κ2) is 4.30. The Morgan fingerprint density at radius 1 is 1.23 bits per heavy atom. The second-order valence-electron chi connectivity index (χ2n) is 6.09. The monoisotopic (exact) mass is 292 g/mol. The van der Waals surface area contributed by atoms with Crippen LogP contribution in [0.5, 0.6) is 0 Å². The molecule has 2 aliphatic rings. The molecule has 0 bridgehead atoms. The fraction of sp³-hybridized carbons (Fsp3) is 0.294. The lowest BCUT2D eigenvalue weighted by Crippen LogP contribution is -2.31. The molecule has 0 saturated carbocycles. The van der Waals surface area contributed by atoms with Gasteiger partial charge in [0.25, 0.3) is 0 Å². The van der Waals surface area contributed by atoms with Gasteiger partial charge in [0.1, 0.15) is 11.9 Å². The van der Waals surface area contributed by atoms with E-state index in [1.165, 1.54) is 11.1 Å². The number of rotatable bonds is 1. The van der Waals surface area contributed by atoms with Crippen molar-refractivity contribution in [3.05, 3.63) is 60.6 Å². The molecule has 1 N–H and O–H groups in total. The van der Waals surface area contributed by atoms with Gasteiger partial charge in [-0.25, -0.2) is 9.97 Å². The smallest absolute Gasteiger partial charge is 0.138 e. The first-order chi connectivity index (χ1) is 10.8. The molecule has 110 valence electrons. The standard InChI is InChI=1S/C17H16N4O/c22-16-13(5-7-20-8-6-19-17(16)20)15-12-4-2-1-3-11(12)14-9-18-10-21(14)15/h1-4,6,8-10,13,15-16,22H,5,7H2/t13-,15+,16-/m1/s1. The fourth-order valence-electron chi connectivity index (χ4n) is 4.05. The molecule has 2 aliphatic heterocycles. The average Bonchev–Trinajstić information content (AvgIpc) is 3.23. The number of fused-ring (bicyclic) bond motifs is 4. The molecule has 2 aromatic heterocycles. The summed E-state index contributed by atoms with van der Waals surface area (Å²) >= 11 is 0. The van der Waals surface area contributed by atoms with Crippen molar-refractivity contribution in [3.63, 3.8) is 0 Å². The van der Waals surface area contributed by atoms with Crippen LogP contribution in [-0.4, -0.2) is 24.2 Å². The number of benzene rings is 1. The minimum Gasteiger partial charge on any atom is -0.385 e. The SMILES string of the molecule is O[C@H]1c2nccn2CC[C@@H]1[C@@H]1c2ccccc2-c2cncn21. The second-order valence-corrected chi connectivity index (χ2v) is 6.09. The van der Waals surface area contributed by atoms with Crippen LogP contribution in [-0.2, 0) is 6.54 Å². The van der Waals surface area contributed by atoms with Gasteiger partial charge in [0.2, 0.25) is 0 Å². The Hall–Kier alpha value is -2.40. The zero-order chi connectivity index (χ0) is 14.7. The third-order valence-corrected chi connectivity index (χ3v) is 5.05. The van der Waals surface area contributed by atoms with Gasteiger partial charge in [-0.05, 0) is 12.0 Å². The predicted molar refractivity (Wildman–Crippen MR) is 81.1 cm³/mol. The van der Waals surface area contributed by atoms with E-state index >= 15 is 0 Å². The Morgan fingerprint density at radius 3 is 3.09 bits per heavy atom. The van der Waals surface area contributed by atoms with Crippen molar-refractivity contribution < 1.29 is 5.11 Å². The van der Waals surface area contributed by atoms with Gasteiger partial charge in [-0.1, -0.05) is 24.3 Å². The Bertz CT molecular complexity index is 850. The van der Waals surface area contributed by atoms with Gasteiger partial charge < -0.3 is 14.2 Å². The van der Waals surface area contributed by atoms with Crippen molar-refractivity contribution in [2.45, 2.75) is 25.1 Å². The van der Waals surface area contributed by atoms with E-state index in [9.17, 15) is 5.11 Å². The van der Waals surface area contributed by atoms with Crippen LogP contribution in [0, 0.1) is 5.92 Å². The first kappa shape index (κ1) is 12.2. The molecule has 0 saturated heterocycles. The van der Waals surface area contributed by atoms with E-state index in [2.05, 4.69) is 43.4 Å². The number of aryl methyl sites for hydroxylation is 1. The number of imidazole rings is 2. The van der Waals surface area contributed by atoms with Crippen molar-refractivity contribution >= 4 is 0 Å². The third-order valence-electron chi connectivity index (χ3n) is 5.05. The first-order valence-electron chi connectivity index (χ1n) is 7.65. The van der Waals surface area contributed by atoms with E-state index in [0.29, 0.717) is 0 Å². The van der Waals surface area contributed by atoms with E-state index in [-0.39, 0.29) is 12.0 Å². The molecular formula is C17H16N4O. The highest BCUT2D eigenvalue weighted by Gasteiger charge is 2.41. The van der Waals surface area contributed by atoms with Gasteiger partial charge in [-0.15, -0.1) is 0 Å². The van der Waals surface area contributed by atoms with Crippen molar-refractivity contribution in [3.8, 4) is 11.3 Å². The molecule has 0 aliphatic carbocycles. The average molecular weight is 292 g/mol. The normalized spacial score (nSPS) is 25.6. The highest BCUT2D eigenvalue weighted by atomic mass is 16.3. The summed E-state index contributed by atoms with van der Waals surface area (Å²) < 4.78 is 4.26. The van der Waals surface area contributed by atoms with Gasteiger partial charge in [0, 0.05) is 30.4 Å². The van der Waals surface area contributed by atoms with Crippen LogP contribution in [0.1, 0.15) is 30.0 Å². The highest BCUT2D eigenvalue weighted by molar-refractivity contribution is 5.69. The maximum atomic E-state index is 10.8. The van der Waals surface area contributed by atoms with Crippen LogP contribution in [0.15, 0.2) is 49.2 Å². The number of aliphatic hydroxyl groups is 1. The van der Waals surface area contributed by atoms with Crippen molar-refractivity contribution in [2.24, 2.45) is 5.92 Å². The van der Waals surface area contributed by atoms with Crippen molar-refractivity contribution in [1.82, 2.24) is 19.1 Å². The number of aliphatic hydroxyl groups excluding tert-OH is 1. The summed E-state index contributed by atoms with van der Waals surface area (Å²) in [5.74, 6) is 0.897. The maximum Gasteiger partial charge on any atom is 0.138 e. The van der Waals surface area contributed by atoms with Gasteiger partial charge in [-0.2, -0.15) is 0 Å². The molecule has 0 fully saturated rings. The zero-order valence-electron chi connectivity index (χ0n) is 12.0. The molecule has 0 radical (unpaired) electrons.